The van der Waals surface area contributed by atoms with Crippen LogP contribution in [-0.2, 0) is 6.54 Å². The van der Waals surface area contributed by atoms with Gasteiger partial charge >= 0.3 is 0 Å². The molecule has 130 valence electrons. The summed E-state index contributed by atoms with van der Waals surface area (Å²) >= 11 is 0. The summed E-state index contributed by atoms with van der Waals surface area (Å²) in [6.07, 6.45) is 4.60. The largest absolute Gasteiger partial charge is 0.352 e. The number of para-hydroxylation sites is 1. The van der Waals surface area contributed by atoms with Crippen molar-refractivity contribution in [2.45, 2.75) is 39.7 Å². The van der Waals surface area contributed by atoms with Crippen LogP contribution in [0.1, 0.15) is 48.1 Å². The summed E-state index contributed by atoms with van der Waals surface area (Å²) in [6.45, 7) is 7.41. The molecule has 2 heterocycles. The van der Waals surface area contributed by atoms with Gasteiger partial charge in [-0.25, -0.2) is 9.97 Å². The van der Waals surface area contributed by atoms with Crippen LogP contribution in [0.5, 0.6) is 0 Å². The summed E-state index contributed by atoms with van der Waals surface area (Å²) in [4.78, 5) is 21.0. The van der Waals surface area contributed by atoms with Gasteiger partial charge in [0.15, 0.2) is 0 Å². The summed E-state index contributed by atoms with van der Waals surface area (Å²) < 4.78 is 2.22. The Morgan fingerprint density at radius 1 is 1.24 bits per heavy atom. The van der Waals surface area contributed by atoms with Gasteiger partial charge in [0.05, 0.1) is 11.3 Å². The molecule has 0 radical (unpaired) electrons. The third-order valence-electron chi connectivity index (χ3n) is 4.27. The van der Waals surface area contributed by atoms with Crippen LogP contribution in [0.3, 0.4) is 0 Å². The monoisotopic (exact) mass is 336 g/mol. The number of hydrogen-bond donors (Lipinski definition) is 1. The van der Waals surface area contributed by atoms with E-state index in [0.29, 0.717) is 17.9 Å². The molecule has 1 aromatic carbocycles. The molecule has 0 bridgehead atoms. The number of nitrogens with one attached hydrogen (secondary N) is 1. The highest BCUT2D eigenvalue weighted by Crippen LogP contribution is 2.17. The van der Waals surface area contributed by atoms with Gasteiger partial charge in [-0.15, -0.1) is 0 Å². The summed E-state index contributed by atoms with van der Waals surface area (Å²) in [7, 11) is 0. The van der Waals surface area contributed by atoms with Gasteiger partial charge in [-0.05, 0) is 36.8 Å². The van der Waals surface area contributed by atoms with E-state index in [4.69, 9.17) is 0 Å². The van der Waals surface area contributed by atoms with Gasteiger partial charge < -0.3 is 9.88 Å². The van der Waals surface area contributed by atoms with Crippen molar-refractivity contribution in [3.05, 3.63) is 59.8 Å². The van der Waals surface area contributed by atoms with E-state index in [9.17, 15) is 4.79 Å². The Hall–Kier alpha value is -2.69. The maximum atomic E-state index is 12.5. The Labute approximate surface area is 148 Å². The normalized spacial score (nSPS) is 11.2. The van der Waals surface area contributed by atoms with E-state index >= 15 is 0 Å². The number of hydrogen-bond acceptors (Lipinski definition) is 3. The number of aromatic nitrogens is 3. The highest BCUT2D eigenvalue weighted by Gasteiger charge is 2.16. The Morgan fingerprint density at radius 3 is 2.84 bits per heavy atom. The van der Waals surface area contributed by atoms with E-state index in [0.717, 1.165) is 18.7 Å². The highest BCUT2D eigenvalue weighted by molar-refractivity contribution is 5.95. The van der Waals surface area contributed by atoms with Gasteiger partial charge in [0, 0.05) is 31.0 Å². The zero-order valence-electron chi connectivity index (χ0n) is 15.0. The third kappa shape index (κ3) is 3.87. The lowest BCUT2D eigenvalue weighted by Gasteiger charge is -2.12. The fourth-order valence-electron chi connectivity index (χ4n) is 2.98. The molecule has 0 saturated heterocycles. The number of benzene rings is 1. The van der Waals surface area contributed by atoms with Crippen molar-refractivity contribution in [2.24, 2.45) is 0 Å². The highest BCUT2D eigenvalue weighted by atomic mass is 16.1. The fourth-order valence-corrected chi connectivity index (χ4v) is 2.98. The smallest absolute Gasteiger partial charge is 0.254 e. The van der Waals surface area contributed by atoms with Crippen molar-refractivity contribution in [1.82, 2.24) is 19.9 Å². The van der Waals surface area contributed by atoms with Crippen LogP contribution in [0.15, 0.2) is 42.7 Å². The van der Waals surface area contributed by atoms with E-state index in [1.165, 1.54) is 10.9 Å². The molecule has 0 fully saturated rings. The second-order valence-electron chi connectivity index (χ2n) is 6.55. The first-order valence-electron chi connectivity index (χ1n) is 8.72. The number of aryl methyl sites for hydroxylation is 2. The summed E-state index contributed by atoms with van der Waals surface area (Å²) in [5.74, 6) is 0.787. The lowest BCUT2D eigenvalue weighted by molar-refractivity contribution is 0.0950. The average Bonchev–Trinajstić information content (AvgIpc) is 3.01. The molecule has 5 nitrogen and oxygen atoms in total. The molecule has 0 aliphatic carbocycles. The van der Waals surface area contributed by atoms with Gasteiger partial charge in [0.25, 0.3) is 5.91 Å². The molecule has 0 atom stereocenters. The minimum Gasteiger partial charge on any atom is -0.352 e. The van der Waals surface area contributed by atoms with Crippen molar-refractivity contribution < 1.29 is 4.79 Å². The summed E-state index contributed by atoms with van der Waals surface area (Å²) in [5.41, 5.74) is 2.61. The lowest BCUT2D eigenvalue weighted by Crippen LogP contribution is -2.27. The predicted octanol–water partition coefficient (Wildman–Crippen LogP) is 3.68. The van der Waals surface area contributed by atoms with Gasteiger partial charge in [0.2, 0.25) is 0 Å². The van der Waals surface area contributed by atoms with Crippen LogP contribution in [0.2, 0.25) is 0 Å². The van der Waals surface area contributed by atoms with Gasteiger partial charge in [-0.2, -0.15) is 0 Å². The minimum atomic E-state index is -0.0962. The van der Waals surface area contributed by atoms with Crippen LogP contribution >= 0.6 is 0 Å². The van der Waals surface area contributed by atoms with Crippen LogP contribution in [0.4, 0.5) is 0 Å². The van der Waals surface area contributed by atoms with Crippen molar-refractivity contribution in [3.8, 4) is 0 Å². The number of nitrogens with zero attached hydrogens (tertiary/aromatic N) is 3. The molecular weight excluding hydrogens is 312 g/mol. The van der Waals surface area contributed by atoms with E-state index in [2.05, 4.69) is 44.2 Å². The second-order valence-corrected chi connectivity index (χ2v) is 6.55. The van der Waals surface area contributed by atoms with Crippen molar-refractivity contribution in [2.75, 3.05) is 6.54 Å². The summed E-state index contributed by atoms with van der Waals surface area (Å²) in [5, 5.41) is 4.23. The third-order valence-corrected chi connectivity index (χ3v) is 4.27. The van der Waals surface area contributed by atoms with E-state index < -0.39 is 0 Å². The first-order chi connectivity index (χ1) is 12.1. The molecule has 1 amide bonds. The maximum Gasteiger partial charge on any atom is 0.254 e. The van der Waals surface area contributed by atoms with Gasteiger partial charge in [-0.1, -0.05) is 32.0 Å². The van der Waals surface area contributed by atoms with Crippen molar-refractivity contribution >= 4 is 16.8 Å². The number of carbonyl (C=O) groups excluding carboxylic acids is 1. The Morgan fingerprint density at radius 2 is 2.04 bits per heavy atom. The minimum absolute atomic E-state index is 0.0962. The molecule has 0 aliphatic rings. The van der Waals surface area contributed by atoms with Gasteiger partial charge in [-0.3, -0.25) is 4.79 Å². The SMILES string of the molecule is Cc1ncc(C(=O)NCCCn2ccc3ccccc32)c(C(C)C)n1. The predicted molar refractivity (Wildman–Crippen MR) is 99.7 cm³/mol. The Balaban J connectivity index is 1.58. The Bertz CT molecular complexity index is 882. The van der Waals surface area contributed by atoms with Crippen molar-refractivity contribution in [3.63, 3.8) is 0 Å². The Kier molecular flexibility index (Phi) is 5.12. The molecular formula is C20H24N4O. The average molecular weight is 336 g/mol. The molecule has 1 N–H and O–H groups in total. The van der Waals surface area contributed by atoms with Crippen molar-refractivity contribution in [1.29, 1.82) is 0 Å². The topological polar surface area (TPSA) is 59.8 Å². The number of rotatable bonds is 6. The maximum absolute atomic E-state index is 12.5. The molecule has 5 heteroatoms. The summed E-state index contributed by atoms with van der Waals surface area (Å²) in [6, 6.07) is 10.4. The lowest BCUT2D eigenvalue weighted by atomic mass is 10.0. The van der Waals surface area contributed by atoms with Crippen LogP contribution in [0, 0.1) is 6.92 Å². The van der Waals surface area contributed by atoms with E-state index in [1.54, 1.807) is 6.20 Å². The van der Waals surface area contributed by atoms with Crippen LogP contribution in [0.25, 0.3) is 10.9 Å². The van der Waals surface area contributed by atoms with Gasteiger partial charge in [0.1, 0.15) is 5.82 Å². The molecule has 0 saturated carbocycles. The number of carbonyl (C=O) groups is 1. The first-order valence-corrected chi connectivity index (χ1v) is 8.72. The molecule has 3 rings (SSSR count). The molecule has 0 spiro atoms. The first kappa shape index (κ1) is 17.1. The molecule has 0 aliphatic heterocycles. The fraction of sp³-hybridized carbons (Fsp3) is 0.350. The zero-order valence-corrected chi connectivity index (χ0v) is 15.0. The molecule has 2 aromatic heterocycles. The molecule has 3 aromatic rings. The number of amides is 1. The van der Waals surface area contributed by atoms with Crippen LogP contribution in [-0.4, -0.2) is 27.0 Å². The molecule has 0 unspecified atom stereocenters. The second kappa shape index (κ2) is 7.47. The van der Waals surface area contributed by atoms with E-state index in [1.807, 2.05) is 32.9 Å². The molecule has 25 heavy (non-hydrogen) atoms. The standard InChI is InChI=1S/C20H24N4O/c1-14(2)19-17(13-22-15(3)23-19)20(25)21-10-6-11-24-12-9-16-7-4-5-8-18(16)24/h4-5,7-9,12-14H,6,10-11H2,1-3H3,(H,21,25). The van der Waals surface area contributed by atoms with Crippen LogP contribution < -0.4 is 5.32 Å². The van der Waals surface area contributed by atoms with E-state index in [-0.39, 0.29) is 11.8 Å². The quantitative estimate of drug-likeness (QED) is 0.699. The zero-order chi connectivity index (χ0) is 17.8. The number of fused-ring (bicyclic) bond motifs is 1.